The summed E-state index contributed by atoms with van der Waals surface area (Å²) in [7, 11) is 1.59. The van der Waals surface area contributed by atoms with Crippen LogP contribution in [0.5, 0.6) is 5.75 Å². The number of ether oxygens (including phenoxy) is 1. The number of furan rings is 1. The zero-order chi connectivity index (χ0) is 19.4. The summed E-state index contributed by atoms with van der Waals surface area (Å²) in [6.07, 6.45) is 0. The number of hydrogen-bond acceptors (Lipinski definition) is 5. The highest BCUT2D eigenvalue weighted by Gasteiger charge is 2.16. The van der Waals surface area contributed by atoms with Gasteiger partial charge in [-0.2, -0.15) is 0 Å². The van der Waals surface area contributed by atoms with E-state index in [0.717, 1.165) is 11.3 Å². The maximum absolute atomic E-state index is 12.3. The Morgan fingerprint density at radius 3 is 2.56 bits per heavy atom. The molecule has 0 unspecified atom stereocenters. The van der Waals surface area contributed by atoms with Crippen LogP contribution in [0, 0.1) is 10.1 Å². The van der Waals surface area contributed by atoms with Crippen LogP contribution in [0.15, 0.2) is 59.0 Å². The lowest BCUT2D eigenvalue weighted by atomic mass is 10.1. The molecule has 0 aliphatic rings. The van der Waals surface area contributed by atoms with Crippen LogP contribution in [0.2, 0.25) is 5.02 Å². The van der Waals surface area contributed by atoms with Gasteiger partial charge >= 0.3 is 0 Å². The van der Waals surface area contributed by atoms with Gasteiger partial charge in [0.2, 0.25) is 0 Å². The van der Waals surface area contributed by atoms with Crippen LogP contribution < -0.4 is 10.1 Å². The average molecular weight is 387 g/mol. The number of nitrogens with zero attached hydrogens (tertiary/aromatic N) is 1. The molecule has 2 aromatic carbocycles. The summed E-state index contributed by atoms with van der Waals surface area (Å²) in [6.45, 7) is 0.331. The van der Waals surface area contributed by atoms with Crippen LogP contribution in [0.1, 0.15) is 16.1 Å². The number of rotatable bonds is 6. The molecule has 3 rings (SSSR count). The first kappa shape index (κ1) is 18.5. The van der Waals surface area contributed by atoms with Crippen LogP contribution in [-0.4, -0.2) is 17.9 Å². The summed E-state index contributed by atoms with van der Waals surface area (Å²) >= 11 is 6.09. The van der Waals surface area contributed by atoms with E-state index in [1.807, 2.05) is 24.3 Å². The SMILES string of the molecule is COc1ccc(CNC(=O)c2ccc(-c3ccc([N+](=O)[O-])cc3Cl)o2)cc1. The zero-order valence-corrected chi connectivity index (χ0v) is 15.0. The van der Waals surface area contributed by atoms with E-state index in [0.29, 0.717) is 17.9 Å². The molecule has 3 aromatic rings. The lowest BCUT2D eigenvalue weighted by molar-refractivity contribution is -0.384. The quantitative estimate of drug-likeness (QED) is 0.499. The van der Waals surface area contributed by atoms with Crippen LogP contribution in [-0.2, 0) is 6.54 Å². The van der Waals surface area contributed by atoms with Crippen LogP contribution >= 0.6 is 11.6 Å². The molecule has 0 radical (unpaired) electrons. The van der Waals surface area contributed by atoms with Crippen molar-refractivity contribution in [2.75, 3.05) is 7.11 Å². The third-order valence-corrected chi connectivity index (χ3v) is 4.18. The minimum absolute atomic E-state index is 0.118. The Balaban J connectivity index is 1.69. The molecule has 0 aliphatic carbocycles. The number of carbonyl (C=O) groups excluding carboxylic acids is 1. The Morgan fingerprint density at radius 2 is 1.93 bits per heavy atom. The molecular weight excluding hydrogens is 372 g/mol. The summed E-state index contributed by atoms with van der Waals surface area (Å²) in [5.41, 5.74) is 1.26. The van der Waals surface area contributed by atoms with E-state index in [-0.39, 0.29) is 22.4 Å². The van der Waals surface area contributed by atoms with E-state index in [9.17, 15) is 14.9 Å². The molecule has 0 fully saturated rings. The minimum Gasteiger partial charge on any atom is -0.497 e. The van der Waals surface area contributed by atoms with Gasteiger partial charge in [0, 0.05) is 24.2 Å². The van der Waals surface area contributed by atoms with Crippen molar-refractivity contribution in [2.45, 2.75) is 6.54 Å². The number of methoxy groups -OCH3 is 1. The lowest BCUT2D eigenvalue weighted by Crippen LogP contribution is -2.22. The van der Waals surface area contributed by atoms with Crippen molar-refractivity contribution < 1.29 is 18.9 Å². The summed E-state index contributed by atoms with van der Waals surface area (Å²) in [4.78, 5) is 22.5. The van der Waals surface area contributed by atoms with Gasteiger partial charge in [-0.1, -0.05) is 23.7 Å². The second-order valence-electron chi connectivity index (χ2n) is 5.62. The predicted molar refractivity (Wildman–Crippen MR) is 100.0 cm³/mol. The van der Waals surface area contributed by atoms with Crippen molar-refractivity contribution in [2.24, 2.45) is 0 Å². The topological polar surface area (TPSA) is 94.6 Å². The van der Waals surface area contributed by atoms with E-state index < -0.39 is 4.92 Å². The Labute approximate surface area is 159 Å². The average Bonchev–Trinajstić information content (AvgIpc) is 3.16. The smallest absolute Gasteiger partial charge is 0.287 e. The Hall–Kier alpha value is -3.32. The van der Waals surface area contributed by atoms with Crippen molar-refractivity contribution in [3.63, 3.8) is 0 Å². The van der Waals surface area contributed by atoms with Gasteiger partial charge in [-0.3, -0.25) is 14.9 Å². The lowest BCUT2D eigenvalue weighted by Gasteiger charge is -2.05. The van der Waals surface area contributed by atoms with Crippen LogP contribution in [0.25, 0.3) is 11.3 Å². The van der Waals surface area contributed by atoms with Gasteiger partial charge in [-0.25, -0.2) is 0 Å². The molecule has 1 N–H and O–H groups in total. The number of nitro groups is 1. The van der Waals surface area contributed by atoms with Gasteiger partial charge in [0.15, 0.2) is 5.76 Å². The number of carbonyl (C=O) groups is 1. The number of halogens is 1. The van der Waals surface area contributed by atoms with Crippen molar-refractivity contribution >= 4 is 23.2 Å². The van der Waals surface area contributed by atoms with Crippen molar-refractivity contribution in [3.05, 3.63) is 81.1 Å². The van der Waals surface area contributed by atoms with E-state index >= 15 is 0 Å². The number of benzene rings is 2. The molecule has 1 aromatic heterocycles. The number of non-ortho nitro benzene ring substituents is 1. The molecule has 0 bridgehead atoms. The van der Waals surface area contributed by atoms with Crippen molar-refractivity contribution in [1.82, 2.24) is 5.32 Å². The van der Waals surface area contributed by atoms with E-state index in [4.69, 9.17) is 20.8 Å². The molecule has 0 saturated heterocycles. The molecule has 0 saturated carbocycles. The predicted octanol–water partition coefficient (Wildman–Crippen LogP) is 4.45. The standard InChI is InChI=1S/C19H15ClN2O5/c1-26-14-5-2-12(3-6-14)11-21-19(23)18-9-8-17(27-18)15-7-4-13(22(24)25)10-16(15)20/h2-10H,11H2,1H3,(H,21,23). The zero-order valence-electron chi connectivity index (χ0n) is 14.3. The fourth-order valence-electron chi connectivity index (χ4n) is 2.43. The second kappa shape index (κ2) is 7.92. The first-order chi connectivity index (χ1) is 13.0. The summed E-state index contributed by atoms with van der Waals surface area (Å²) in [5, 5.41) is 13.7. The number of nitrogens with one attached hydrogen (secondary N) is 1. The van der Waals surface area contributed by atoms with Crippen molar-refractivity contribution in [3.8, 4) is 17.1 Å². The Bertz CT molecular complexity index is 982. The molecule has 8 heteroatoms. The maximum atomic E-state index is 12.3. The molecule has 0 aliphatic heterocycles. The highest BCUT2D eigenvalue weighted by Crippen LogP contribution is 2.32. The molecule has 0 atom stereocenters. The van der Waals surface area contributed by atoms with E-state index in [2.05, 4.69) is 5.32 Å². The number of nitro benzene ring substituents is 1. The highest BCUT2D eigenvalue weighted by molar-refractivity contribution is 6.33. The Kier molecular flexibility index (Phi) is 5.42. The number of amides is 1. The largest absolute Gasteiger partial charge is 0.497 e. The second-order valence-corrected chi connectivity index (χ2v) is 6.02. The third-order valence-electron chi connectivity index (χ3n) is 3.87. The highest BCUT2D eigenvalue weighted by atomic mass is 35.5. The molecule has 0 spiro atoms. The summed E-state index contributed by atoms with van der Waals surface area (Å²) < 4.78 is 10.6. The fraction of sp³-hybridized carbons (Fsp3) is 0.105. The third kappa shape index (κ3) is 4.27. The van der Waals surface area contributed by atoms with Gasteiger partial charge < -0.3 is 14.5 Å². The van der Waals surface area contributed by atoms with Gasteiger partial charge in [0.1, 0.15) is 11.5 Å². The number of hydrogen-bond donors (Lipinski definition) is 1. The molecular formula is C19H15ClN2O5. The molecule has 1 amide bonds. The van der Waals surface area contributed by atoms with Gasteiger partial charge in [-0.05, 0) is 35.9 Å². The first-order valence-corrected chi connectivity index (χ1v) is 8.31. The van der Waals surface area contributed by atoms with Crippen LogP contribution in [0.4, 0.5) is 5.69 Å². The monoisotopic (exact) mass is 386 g/mol. The molecule has 138 valence electrons. The molecule has 1 heterocycles. The van der Waals surface area contributed by atoms with E-state index in [1.165, 1.54) is 24.3 Å². The van der Waals surface area contributed by atoms with Crippen molar-refractivity contribution in [1.29, 1.82) is 0 Å². The van der Waals surface area contributed by atoms with Gasteiger partial charge in [0.25, 0.3) is 11.6 Å². The minimum atomic E-state index is -0.532. The maximum Gasteiger partial charge on any atom is 0.287 e. The summed E-state index contributed by atoms with van der Waals surface area (Å²) in [6, 6.07) is 14.5. The normalized spacial score (nSPS) is 10.4. The summed E-state index contributed by atoms with van der Waals surface area (Å²) in [5.74, 6) is 0.827. The van der Waals surface area contributed by atoms with Crippen LogP contribution in [0.3, 0.4) is 0 Å². The Morgan fingerprint density at radius 1 is 1.19 bits per heavy atom. The molecule has 7 nitrogen and oxygen atoms in total. The van der Waals surface area contributed by atoms with Gasteiger partial charge in [-0.15, -0.1) is 0 Å². The van der Waals surface area contributed by atoms with E-state index in [1.54, 1.807) is 13.2 Å². The molecule has 27 heavy (non-hydrogen) atoms. The van der Waals surface area contributed by atoms with Gasteiger partial charge in [0.05, 0.1) is 17.1 Å². The fourth-order valence-corrected chi connectivity index (χ4v) is 2.70. The first-order valence-electron chi connectivity index (χ1n) is 7.93.